The molecule has 1 aromatic heterocycles. The third-order valence-corrected chi connectivity index (χ3v) is 3.22. The molecule has 1 aliphatic heterocycles. The van der Waals surface area contributed by atoms with Crippen molar-refractivity contribution in [1.29, 1.82) is 0 Å². The standard InChI is InChI=1S/C16H17N3O/c1-16(2)10-12-6-3-4-8-14(12)15(18-16)19-17-11-13-7-5-9-20-13/h3-9,11H,10H2,1-2H3,(H,18,19)/b17-11+. The van der Waals surface area contributed by atoms with Crippen molar-refractivity contribution in [2.75, 3.05) is 0 Å². The van der Waals surface area contributed by atoms with Crippen LogP contribution in [-0.2, 0) is 6.42 Å². The SMILES string of the molecule is CC1(C)Cc2ccccc2C(N/N=C/c2ccco2)=N1. The average Bonchev–Trinajstić information content (AvgIpc) is 2.90. The van der Waals surface area contributed by atoms with Crippen LogP contribution in [0.4, 0.5) is 0 Å². The summed E-state index contributed by atoms with van der Waals surface area (Å²) < 4.78 is 5.20. The topological polar surface area (TPSA) is 49.9 Å². The van der Waals surface area contributed by atoms with Crippen LogP contribution in [-0.4, -0.2) is 17.6 Å². The van der Waals surface area contributed by atoms with Crippen molar-refractivity contribution in [3.63, 3.8) is 0 Å². The van der Waals surface area contributed by atoms with Crippen molar-refractivity contribution >= 4 is 12.1 Å². The predicted molar refractivity (Wildman–Crippen MR) is 80.2 cm³/mol. The van der Waals surface area contributed by atoms with Crippen LogP contribution >= 0.6 is 0 Å². The molecule has 0 fully saturated rings. The van der Waals surface area contributed by atoms with Crippen molar-refractivity contribution in [3.8, 4) is 0 Å². The Hall–Kier alpha value is -2.36. The second-order valence-electron chi connectivity index (χ2n) is 5.49. The fourth-order valence-corrected chi connectivity index (χ4v) is 2.38. The molecule has 0 unspecified atom stereocenters. The molecule has 4 heteroatoms. The van der Waals surface area contributed by atoms with Gasteiger partial charge in [-0.3, -0.25) is 10.4 Å². The average molecular weight is 267 g/mol. The minimum atomic E-state index is -0.114. The van der Waals surface area contributed by atoms with Crippen molar-refractivity contribution in [1.82, 2.24) is 5.43 Å². The van der Waals surface area contributed by atoms with Gasteiger partial charge in [0.2, 0.25) is 0 Å². The van der Waals surface area contributed by atoms with Gasteiger partial charge < -0.3 is 4.42 Å². The Bertz CT molecular complexity index is 654. The van der Waals surface area contributed by atoms with E-state index in [2.05, 4.69) is 42.6 Å². The molecule has 0 atom stereocenters. The molecule has 1 aromatic carbocycles. The fourth-order valence-electron chi connectivity index (χ4n) is 2.38. The quantitative estimate of drug-likeness (QED) is 0.671. The van der Waals surface area contributed by atoms with Crippen LogP contribution in [0.25, 0.3) is 0 Å². The molecule has 4 nitrogen and oxygen atoms in total. The summed E-state index contributed by atoms with van der Waals surface area (Å²) in [6, 6.07) is 12.0. The summed E-state index contributed by atoms with van der Waals surface area (Å²) in [5.74, 6) is 1.51. The van der Waals surface area contributed by atoms with E-state index in [0.717, 1.165) is 17.8 Å². The maximum atomic E-state index is 5.20. The van der Waals surface area contributed by atoms with E-state index in [4.69, 9.17) is 9.41 Å². The summed E-state index contributed by atoms with van der Waals surface area (Å²) in [6.07, 6.45) is 4.21. The molecule has 102 valence electrons. The molecular weight excluding hydrogens is 250 g/mol. The van der Waals surface area contributed by atoms with E-state index in [-0.39, 0.29) is 5.54 Å². The lowest BCUT2D eigenvalue weighted by Crippen LogP contribution is -2.34. The van der Waals surface area contributed by atoms with Crippen molar-refractivity contribution < 1.29 is 4.42 Å². The summed E-state index contributed by atoms with van der Waals surface area (Å²) in [4.78, 5) is 4.74. The van der Waals surface area contributed by atoms with Crippen LogP contribution in [0, 0.1) is 0 Å². The molecule has 1 aliphatic rings. The molecule has 0 saturated heterocycles. The van der Waals surface area contributed by atoms with Gasteiger partial charge in [-0.25, -0.2) is 0 Å². The van der Waals surface area contributed by atoms with Gasteiger partial charge in [0.05, 0.1) is 18.0 Å². The molecule has 0 amide bonds. The number of hydrogen-bond acceptors (Lipinski definition) is 4. The highest BCUT2D eigenvalue weighted by Crippen LogP contribution is 2.25. The number of rotatable bonds is 2. The van der Waals surface area contributed by atoms with Gasteiger partial charge in [-0.1, -0.05) is 24.3 Å². The minimum Gasteiger partial charge on any atom is -0.463 e. The number of amidine groups is 1. The van der Waals surface area contributed by atoms with Gasteiger partial charge in [-0.05, 0) is 38.0 Å². The Morgan fingerprint density at radius 1 is 1.25 bits per heavy atom. The molecule has 0 aliphatic carbocycles. The predicted octanol–water partition coefficient (Wildman–Crippen LogP) is 2.98. The van der Waals surface area contributed by atoms with E-state index in [1.54, 1.807) is 12.5 Å². The first-order chi connectivity index (χ1) is 9.64. The van der Waals surface area contributed by atoms with Crippen LogP contribution in [0.5, 0.6) is 0 Å². The zero-order valence-electron chi connectivity index (χ0n) is 11.6. The number of hydrogen-bond donors (Lipinski definition) is 1. The number of nitrogens with one attached hydrogen (secondary N) is 1. The smallest absolute Gasteiger partial charge is 0.149 e. The number of furan rings is 1. The second kappa shape index (κ2) is 4.96. The Morgan fingerprint density at radius 3 is 2.90 bits per heavy atom. The van der Waals surface area contributed by atoms with Crippen LogP contribution in [0.1, 0.15) is 30.7 Å². The molecular formula is C16H17N3O. The highest BCUT2D eigenvalue weighted by molar-refractivity contribution is 6.01. The molecule has 1 N–H and O–H groups in total. The van der Waals surface area contributed by atoms with Crippen molar-refractivity contribution in [2.45, 2.75) is 25.8 Å². The number of aliphatic imine (C=N–C) groups is 1. The van der Waals surface area contributed by atoms with E-state index in [0.29, 0.717) is 5.76 Å². The molecule has 3 rings (SSSR count). The maximum absolute atomic E-state index is 5.20. The highest BCUT2D eigenvalue weighted by atomic mass is 16.3. The molecule has 20 heavy (non-hydrogen) atoms. The Balaban J connectivity index is 1.85. The molecule has 0 spiro atoms. The van der Waals surface area contributed by atoms with Crippen LogP contribution < -0.4 is 5.43 Å². The number of hydrazone groups is 1. The summed E-state index contributed by atoms with van der Waals surface area (Å²) in [6.45, 7) is 4.25. The lowest BCUT2D eigenvalue weighted by molar-refractivity contribution is 0.509. The van der Waals surface area contributed by atoms with Crippen LogP contribution in [0.2, 0.25) is 0 Å². The van der Waals surface area contributed by atoms with Gasteiger partial charge in [0.1, 0.15) is 11.6 Å². The molecule has 2 aromatic rings. The monoisotopic (exact) mass is 267 g/mol. The molecule has 0 saturated carbocycles. The van der Waals surface area contributed by atoms with Gasteiger partial charge in [0.15, 0.2) is 0 Å². The summed E-state index contributed by atoms with van der Waals surface area (Å²) in [5.41, 5.74) is 5.33. The summed E-state index contributed by atoms with van der Waals surface area (Å²) >= 11 is 0. The van der Waals surface area contributed by atoms with Gasteiger partial charge >= 0.3 is 0 Å². The van der Waals surface area contributed by atoms with Crippen LogP contribution in [0.15, 0.2) is 57.2 Å². The van der Waals surface area contributed by atoms with Crippen molar-refractivity contribution in [3.05, 3.63) is 59.5 Å². The van der Waals surface area contributed by atoms with E-state index in [9.17, 15) is 0 Å². The lowest BCUT2D eigenvalue weighted by atomic mass is 9.89. The van der Waals surface area contributed by atoms with E-state index in [1.807, 2.05) is 18.2 Å². The third-order valence-electron chi connectivity index (χ3n) is 3.22. The molecule has 2 heterocycles. The van der Waals surface area contributed by atoms with Crippen molar-refractivity contribution in [2.24, 2.45) is 10.1 Å². The minimum absolute atomic E-state index is 0.114. The van der Waals surface area contributed by atoms with E-state index in [1.165, 1.54) is 5.56 Å². The Morgan fingerprint density at radius 2 is 2.10 bits per heavy atom. The Labute approximate surface area is 118 Å². The zero-order valence-corrected chi connectivity index (χ0v) is 11.6. The summed E-state index contributed by atoms with van der Waals surface area (Å²) in [7, 11) is 0. The maximum Gasteiger partial charge on any atom is 0.149 e. The fraction of sp³-hybridized carbons (Fsp3) is 0.250. The number of fused-ring (bicyclic) bond motifs is 1. The summed E-state index contributed by atoms with van der Waals surface area (Å²) in [5, 5.41) is 4.20. The van der Waals surface area contributed by atoms with E-state index < -0.39 is 0 Å². The van der Waals surface area contributed by atoms with Crippen LogP contribution in [0.3, 0.4) is 0 Å². The normalized spacial score (nSPS) is 16.8. The number of benzene rings is 1. The van der Waals surface area contributed by atoms with Gasteiger partial charge in [0.25, 0.3) is 0 Å². The van der Waals surface area contributed by atoms with Gasteiger partial charge in [-0.2, -0.15) is 5.10 Å². The first-order valence-electron chi connectivity index (χ1n) is 6.65. The first kappa shape index (κ1) is 12.7. The second-order valence-corrected chi connectivity index (χ2v) is 5.49. The van der Waals surface area contributed by atoms with Gasteiger partial charge in [0, 0.05) is 5.56 Å². The van der Waals surface area contributed by atoms with Gasteiger partial charge in [-0.15, -0.1) is 0 Å². The lowest BCUT2D eigenvalue weighted by Gasteiger charge is -2.28. The largest absolute Gasteiger partial charge is 0.463 e. The zero-order chi connectivity index (χ0) is 14.0. The third kappa shape index (κ3) is 2.64. The molecule has 0 radical (unpaired) electrons. The molecule has 0 bridgehead atoms. The van der Waals surface area contributed by atoms with E-state index >= 15 is 0 Å². The first-order valence-corrected chi connectivity index (χ1v) is 6.65. The Kier molecular flexibility index (Phi) is 3.14. The number of nitrogens with zero attached hydrogens (tertiary/aromatic N) is 2. The highest BCUT2D eigenvalue weighted by Gasteiger charge is 2.26.